The summed E-state index contributed by atoms with van der Waals surface area (Å²) in [6, 6.07) is 0. The first kappa shape index (κ1) is 25.8. The van der Waals surface area contributed by atoms with Crippen LogP contribution in [0.25, 0.3) is 0 Å². The molecule has 12 heteroatoms. The molecule has 1 aliphatic heterocycles. The predicted molar refractivity (Wildman–Crippen MR) is 118 cm³/mol. The lowest BCUT2D eigenvalue weighted by Crippen LogP contribution is -2.45. The highest BCUT2D eigenvalue weighted by Crippen LogP contribution is 2.48. The Hall–Kier alpha value is -1.49. The number of rotatable bonds is 11. The quantitative estimate of drug-likeness (QED) is 0.289. The maximum Gasteiger partial charge on any atom is 0.356 e. The molecule has 10 nitrogen and oxygen atoms in total. The molecule has 0 aromatic carbocycles. The van der Waals surface area contributed by atoms with Gasteiger partial charge in [0, 0.05) is 0 Å². The maximum absolute atomic E-state index is 12.6. The Bertz CT molecular complexity index is 840. The number of primary amides is 1. The lowest BCUT2D eigenvalue weighted by Gasteiger charge is -2.36. The van der Waals surface area contributed by atoms with Gasteiger partial charge in [0.25, 0.3) is 14.2 Å². The van der Waals surface area contributed by atoms with Crippen molar-refractivity contribution in [1.82, 2.24) is 9.55 Å². The van der Waals surface area contributed by atoms with Gasteiger partial charge in [0.2, 0.25) is 5.88 Å². The van der Waals surface area contributed by atoms with Crippen molar-refractivity contribution in [2.45, 2.75) is 65.3 Å². The van der Waals surface area contributed by atoms with Crippen molar-refractivity contribution in [2.75, 3.05) is 19.6 Å². The fourth-order valence-electron chi connectivity index (χ4n) is 2.53. The van der Waals surface area contributed by atoms with Crippen LogP contribution in [0.4, 0.5) is 0 Å². The Morgan fingerprint density at radius 2 is 1.87 bits per heavy atom. The second-order valence-corrected chi connectivity index (χ2v) is 15.3. The summed E-state index contributed by atoms with van der Waals surface area (Å²) in [5, 5.41) is -0.102. The Kier molecular flexibility index (Phi) is 8.29. The topological polar surface area (TPSA) is 124 Å². The van der Waals surface area contributed by atoms with Crippen LogP contribution in [0.5, 0.6) is 5.88 Å². The van der Waals surface area contributed by atoms with Crippen LogP contribution in [0.15, 0.2) is 18.5 Å². The number of imidazole rings is 1. The minimum absolute atomic E-state index is 0.0448. The summed E-state index contributed by atoms with van der Waals surface area (Å²) in [5.41, 5.74) is 5.56. The molecule has 1 aromatic heterocycles. The van der Waals surface area contributed by atoms with E-state index < -0.39 is 34.3 Å². The van der Waals surface area contributed by atoms with Crippen molar-refractivity contribution in [3.05, 3.63) is 24.2 Å². The molecule has 2 atom stereocenters. The molecule has 2 heterocycles. The number of ether oxygens (including phenoxy) is 2. The van der Waals surface area contributed by atoms with Gasteiger partial charge < -0.3 is 28.7 Å². The van der Waals surface area contributed by atoms with Gasteiger partial charge in [0.1, 0.15) is 6.33 Å². The molecule has 1 aromatic rings. The van der Waals surface area contributed by atoms with Gasteiger partial charge in [-0.2, -0.15) is 0 Å². The third-order valence-corrected chi connectivity index (χ3v) is 11.3. The van der Waals surface area contributed by atoms with Crippen molar-refractivity contribution in [2.24, 2.45) is 5.73 Å². The van der Waals surface area contributed by atoms with E-state index >= 15 is 0 Å². The Labute approximate surface area is 184 Å². The van der Waals surface area contributed by atoms with Gasteiger partial charge in [0.05, 0.1) is 13.2 Å². The molecule has 0 saturated carbocycles. The molecule has 1 amide bonds. The van der Waals surface area contributed by atoms with Crippen LogP contribution in [-0.4, -0.2) is 49.6 Å². The summed E-state index contributed by atoms with van der Waals surface area (Å²) in [5.74, 6) is -0.416. The van der Waals surface area contributed by atoms with E-state index in [0.29, 0.717) is 0 Å². The molecule has 0 radical (unpaired) electrons. The first-order valence-corrected chi connectivity index (χ1v) is 14.9. The summed E-state index contributed by atoms with van der Waals surface area (Å²) < 4.78 is 42.4. The molecule has 0 spiro atoms. The van der Waals surface area contributed by atoms with Crippen LogP contribution < -0.4 is 10.2 Å². The van der Waals surface area contributed by atoms with Crippen molar-refractivity contribution < 1.29 is 32.3 Å². The zero-order chi connectivity index (χ0) is 23.4. The molecule has 2 N–H and O–H groups in total. The number of carbonyl (C=O) groups excluding carboxylic acids is 1. The third-order valence-electron chi connectivity index (χ3n) is 5.17. The fourth-order valence-corrected chi connectivity index (χ4v) is 4.86. The van der Waals surface area contributed by atoms with E-state index in [1.54, 1.807) is 30.6 Å². The number of nitrogens with two attached hydrogens (primary N) is 1. The Morgan fingerprint density at radius 3 is 2.39 bits per heavy atom. The van der Waals surface area contributed by atoms with Crippen molar-refractivity contribution in [3.8, 4) is 5.88 Å². The smallest absolute Gasteiger partial charge is 0.356 e. The van der Waals surface area contributed by atoms with Gasteiger partial charge in [-0.05, 0) is 44.1 Å². The van der Waals surface area contributed by atoms with Gasteiger partial charge >= 0.3 is 7.60 Å². The minimum atomic E-state index is -3.36. The van der Waals surface area contributed by atoms with Crippen LogP contribution in [-0.2, 0) is 23.1 Å². The molecule has 0 aliphatic carbocycles. The third kappa shape index (κ3) is 6.27. The minimum Gasteiger partial charge on any atom is -0.530 e. The second kappa shape index (κ2) is 9.97. The van der Waals surface area contributed by atoms with E-state index in [1.807, 2.05) is 0 Å². The first-order chi connectivity index (χ1) is 14.3. The largest absolute Gasteiger partial charge is 0.530 e. The van der Waals surface area contributed by atoms with Crippen LogP contribution in [0.3, 0.4) is 0 Å². The van der Waals surface area contributed by atoms with Crippen molar-refractivity contribution in [3.63, 3.8) is 0 Å². The van der Waals surface area contributed by atoms with E-state index in [9.17, 15) is 9.36 Å². The highest BCUT2D eigenvalue weighted by molar-refractivity contribution is 7.53. The van der Waals surface area contributed by atoms with Crippen LogP contribution in [0.2, 0.25) is 18.1 Å². The number of carbonyl (C=O) groups is 1. The Balaban J connectivity index is 2.17. The zero-order valence-electron chi connectivity index (χ0n) is 19.3. The lowest BCUT2D eigenvalue weighted by molar-refractivity contribution is -0.128. The average Bonchev–Trinajstić information content (AvgIpc) is 3.26. The molecule has 2 rings (SSSR count). The molecule has 0 saturated heterocycles. The molecule has 176 valence electrons. The van der Waals surface area contributed by atoms with Gasteiger partial charge in [-0.3, -0.25) is 13.9 Å². The molecular formula is C19H34N3O7PSi. The van der Waals surface area contributed by atoms with Crippen molar-refractivity contribution >= 4 is 21.8 Å². The normalized spacial score (nSPS) is 19.7. The average molecular weight is 476 g/mol. The first-order valence-electron chi connectivity index (χ1n) is 10.2. The van der Waals surface area contributed by atoms with Crippen LogP contribution in [0, 0.1) is 0 Å². The summed E-state index contributed by atoms with van der Waals surface area (Å²) in [4.78, 5) is 16.1. The van der Waals surface area contributed by atoms with E-state index in [-0.39, 0.29) is 36.2 Å². The second-order valence-electron chi connectivity index (χ2n) is 8.55. The van der Waals surface area contributed by atoms with E-state index in [4.69, 9.17) is 28.7 Å². The molecule has 0 unspecified atom stereocenters. The molecule has 0 fully saturated rings. The number of hydrogen-bond acceptors (Lipinski definition) is 8. The highest BCUT2D eigenvalue weighted by Gasteiger charge is 2.41. The SMILES string of the molecule is CCOP(=O)(CO[C@@H]1C=C[C@H](n2cnc(C(N)=O)c2O[Si](C)(C)C(C)(C)C)O1)OCC. The van der Waals surface area contributed by atoms with Crippen LogP contribution in [0.1, 0.15) is 51.3 Å². The predicted octanol–water partition coefficient (Wildman–Crippen LogP) is 4.02. The molecular weight excluding hydrogens is 441 g/mol. The monoisotopic (exact) mass is 475 g/mol. The zero-order valence-corrected chi connectivity index (χ0v) is 21.2. The maximum atomic E-state index is 12.6. The number of aromatic nitrogens is 2. The number of nitrogens with zero attached hydrogens (tertiary/aromatic N) is 2. The van der Waals surface area contributed by atoms with E-state index in [0.717, 1.165) is 0 Å². The van der Waals surface area contributed by atoms with Crippen molar-refractivity contribution in [1.29, 1.82) is 0 Å². The fraction of sp³-hybridized carbons (Fsp3) is 0.684. The number of hydrogen-bond donors (Lipinski definition) is 1. The molecule has 0 bridgehead atoms. The van der Waals surface area contributed by atoms with Crippen LogP contribution >= 0.6 is 7.60 Å². The summed E-state index contributed by atoms with van der Waals surface area (Å²) in [7, 11) is -5.66. The molecule has 1 aliphatic rings. The number of amides is 1. The van der Waals surface area contributed by atoms with Gasteiger partial charge in [0.15, 0.2) is 24.6 Å². The highest BCUT2D eigenvalue weighted by atomic mass is 31.2. The van der Waals surface area contributed by atoms with Gasteiger partial charge in [-0.1, -0.05) is 20.8 Å². The van der Waals surface area contributed by atoms with Gasteiger partial charge in [-0.25, -0.2) is 4.98 Å². The summed E-state index contributed by atoms with van der Waals surface area (Å²) in [6.45, 7) is 14.3. The summed E-state index contributed by atoms with van der Waals surface area (Å²) >= 11 is 0. The van der Waals surface area contributed by atoms with E-state index in [1.165, 1.54) is 6.33 Å². The lowest BCUT2D eigenvalue weighted by atomic mass is 10.2. The molecule has 31 heavy (non-hydrogen) atoms. The summed E-state index contributed by atoms with van der Waals surface area (Å²) in [6.07, 6.45) is 3.20. The van der Waals surface area contributed by atoms with E-state index in [2.05, 4.69) is 38.8 Å². The van der Waals surface area contributed by atoms with Gasteiger partial charge in [-0.15, -0.1) is 0 Å². The standard InChI is InChI=1S/C19H34N3O7PSi/c1-8-26-30(24,27-9-2)13-25-15-11-10-14(28-15)22-12-21-16(17(20)23)18(22)29-31(6,7)19(3,4)5/h10-12,14-15H,8-9,13H2,1-7H3,(H2,20,23)/t14-,15+/m1/s1. The Morgan fingerprint density at radius 1 is 1.26 bits per heavy atom.